The predicted molar refractivity (Wildman–Crippen MR) is 77.2 cm³/mol. The molecule has 1 unspecified atom stereocenters. The Hall–Kier alpha value is -1.87. The molecule has 0 spiro atoms. The van der Waals surface area contributed by atoms with Crippen molar-refractivity contribution >= 4 is 21.7 Å². The van der Waals surface area contributed by atoms with Gasteiger partial charge in [0.15, 0.2) is 5.78 Å². The van der Waals surface area contributed by atoms with E-state index in [1.807, 2.05) is 0 Å². The van der Waals surface area contributed by atoms with Crippen LogP contribution >= 0.6 is 0 Å². The first-order valence-electron chi connectivity index (χ1n) is 6.59. The van der Waals surface area contributed by atoms with E-state index < -0.39 is 21.2 Å². The van der Waals surface area contributed by atoms with Crippen molar-refractivity contribution in [1.29, 1.82) is 0 Å². The standard InChI is InChI=1S/C13H18N2O6S/c1-4-21-22(18,19)11(6-5-9(2)16)12(17)10-7-14-13(20-3)15-8-10/h7-8,11H,4-6H2,1-3H3. The first-order valence-corrected chi connectivity index (χ1v) is 8.06. The van der Waals surface area contributed by atoms with Gasteiger partial charge in [0.25, 0.3) is 10.1 Å². The van der Waals surface area contributed by atoms with Crippen LogP contribution in [0.2, 0.25) is 0 Å². The number of ether oxygens (including phenoxy) is 1. The lowest BCUT2D eigenvalue weighted by Gasteiger charge is -2.15. The van der Waals surface area contributed by atoms with Gasteiger partial charge in [0.2, 0.25) is 0 Å². The van der Waals surface area contributed by atoms with E-state index in [0.29, 0.717) is 0 Å². The zero-order valence-electron chi connectivity index (χ0n) is 12.6. The van der Waals surface area contributed by atoms with Gasteiger partial charge in [-0.1, -0.05) is 0 Å². The molecule has 0 amide bonds. The van der Waals surface area contributed by atoms with Gasteiger partial charge in [-0.2, -0.15) is 8.42 Å². The van der Waals surface area contributed by atoms with E-state index in [9.17, 15) is 18.0 Å². The normalized spacial score (nSPS) is 12.7. The van der Waals surface area contributed by atoms with Crippen molar-refractivity contribution in [2.24, 2.45) is 0 Å². The molecule has 0 fully saturated rings. The van der Waals surface area contributed by atoms with Gasteiger partial charge in [0, 0.05) is 18.8 Å². The Morgan fingerprint density at radius 1 is 1.27 bits per heavy atom. The summed E-state index contributed by atoms with van der Waals surface area (Å²) in [5, 5.41) is -1.46. The first-order chi connectivity index (χ1) is 10.3. The van der Waals surface area contributed by atoms with Crippen LogP contribution in [0.3, 0.4) is 0 Å². The molecule has 0 bridgehead atoms. The van der Waals surface area contributed by atoms with E-state index in [4.69, 9.17) is 4.74 Å². The second-order valence-corrected chi connectivity index (χ2v) is 6.24. The maximum Gasteiger partial charge on any atom is 0.316 e. The lowest BCUT2D eigenvalue weighted by molar-refractivity contribution is -0.117. The first kappa shape index (κ1) is 18.2. The van der Waals surface area contributed by atoms with Gasteiger partial charge in [-0.3, -0.25) is 8.98 Å². The largest absolute Gasteiger partial charge is 0.467 e. The molecule has 1 aromatic rings. The van der Waals surface area contributed by atoms with Crippen molar-refractivity contribution in [2.75, 3.05) is 13.7 Å². The number of methoxy groups -OCH3 is 1. The highest BCUT2D eigenvalue weighted by Crippen LogP contribution is 2.17. The summed E-state index contributed by atoms with van der Waals surface area (Å²) < 4.78 is 33.6. The summed E-state index contributed by atoms with van der Waals surface area (Å²) >= 11 is 0. The lowest BCUT2D eigenvalue weighted by atomic mass is 10.1. The smallest absolute Gasteiger partial charge is 0.316 e. The molecule has 0 N–H and O–H groups in total. The highest BCUT2D eigenvalue weighted by molar-refractivity contribution is 7.88. The monoisotopic (exact) mass is 330 g/mol. The number of aromatic nitrogens is 2. The molecule has 0 saturated heterocycles. The molecule has 1 aromatic heterocycles. The molecule has 8 nitrogen and oxygen atoms in total. The maximum atomic E-state index is 12.4. The fraction of sp³-hybridized carbons (Fsp3) is 0.538. The molecule has 1 heterocycles. The van der Waals surface area contributed by atoms with E-state index in [2.05, 4.69) is 14.2 Å². The minimum atomic E-state index is -4.12. The average Bonchev–Trinajstić information content (AvgIpc) is 2.46. The third-order valence-electron chi connectivity index (χ3n) is 2.78. The van der Waals surface area contributed by atoms with Crippen LogP contribution in [-0.4, -0.2) is 48.9 Å². The predicted octanol–water partition coefficient (Wildman–Crippen LogP) is 0.772. The quantitative estimate of drug-likeness (QED) is 0.482. The number of ketones is 2. The Morgan fingerprint density at radius 3 is 2.32 bits per heavy atom. The van der Waals surface area contributed by atoms with Crippen LogP contribution in [0.1, 0.15) is 37.0 Å². The number of carbonyl (C=O) groups excluding carboxylic acids is 2. The van der Waals surface area contributed by atoms with Crippen LogP contribution in [0.5, 0.6) is 6.01 Å². The van der Waals surface area contributed by atoms with Gasteiger partial charge in [-0.05, 0) is 20.3 Å². The van der Waals surface area contributed by atoms with Gasteiger partial charge in [0.1, 0.15) is 11.0 Å². The Kier molecular flexibility index (Phi) is 6.57. The third-order valence-corrected chi connectivity index (χ3v) is 4.49. The second kappa shape index (κ2) is 7.95. The van der Waals surface area contributed by atoms with E-state index in [-0.39, 0.29) is 36.8 Å². The molecule has 0 aromatic carbocycles. The molecule has 9 heteroatoms. The van der Waals surface area contributed by atoms with Gasteiger partial charge in [0.05, 0.1) is 19.3 Å². The van der Waals surface area contributed by atoms with Crippen molar-refractivity contribution in [3.8, 4) is 6.01 Å². The Morgan fingerprint density at radius 2 is 1.86 bits per heavy atom. The van der Waals surface area contributed by atoms with Crippen molar-refractivity contribution in [3.63, 3.8) is 0 Å². The Balaban J connectivity index is 3.07. The minimum absolute atomic E-state index is 0.0117. The Bertz CT molecular complexity index is 626. The van der Waals surface area contributed by atoms with Gasteiger partial charge < -0.3 is 9.53 Å². The van der Waals surface area contributed by atoms with Gasteiger partial charge >= 0.3 is 6.01 Å². The molecule has 1 rings (SSSR count). The van der Waals surface area contributed by atoms with Crippen LogP contribution < -0.4 is 4.74 Å². The van der Waals surface area contributed by atoms with Gasteiger partial charge in [-0.15, -0.1) is 0 Å². The van der Waals surface area contributed by atoms with Crippen molar-refractivity contribution < 1.29 is 26.9 Å². The molecule has 0 aliphatic heterocycles. The average molecular weight is 330 g/mol. The summed E-state index contributed by atoms with van der Waals surface area (Å²) in [7, 11) is -2.75. The summed E-state index contributed by atoms with van der Waals surface area (Å²) in [4.78, 5) is 31.0. The molecular weight excluding hydrogens is 312 g/mol. The number of hydrogen-bond donors (Lipinski definition) is 0. The number of hydrogen-bond acceptors (Lipinski definition) is 8. The molecule has 1 atom stereocenters. The maximum absolute atomic E-state index is 12.4. The number of rotatable bonds is 9. The summed E-state index contributed by atoms with van der Waals surface area (Å²) in [5.41, 5.74) is 0.0117. The van der Waals surface area contributed by atoms with Crippen molar-refractivity contribution in [3.05, 3.63) is 18.0 Å². The topological polar surface area (TPSA) is 113 Å². The summed E-state index contributed by atoms with van der Waals surface area (Å²) in [6.07, 6.45) is 2.16. The van der Waals surface area contributed by atoms with E-state index >= 15 is 0 Å². The summed E-state index contributed by atoms with van der Waals surface area (Å²) in [6, 6.07) is 0.0597. The number of carbonyl (C=O) groups is 2. The summed E-state index contributed by atoms with van der Waals surface area (Å²) in [6.45, 7) is 2.73. The summed E-state index contributed by atoms with van der Waals surface area (Å²) in [5.74, 6) is -0.923. The fourth-order valence-electron chi connectivity index (χ4n) is 1.72. The molecule has 0 aliphatic carbocycles. The highest BCUT2D eigenvalue weighted by Gasteiger charge is 2.34. The SMILES string of the molecule is CCOS(=O)(=O)C(CCC(C)=O)C(=O)c1cnc(OC)nc1. The van der Waals surface area contributed by atoms with E-state index in [0.717, 1.165) is 0 Å². The van der Waals surface area contributed by atoms with E-state index in [1.165, 1.54) is 33.4 Å². The Labute approximate surface area is 129 Å². The molecule has 0 radical (unpaired) electrons. The minimum Gasteiger partial charge on any atom is -0.467 e. The fourth-order valence-corrected chi connectivity index (χ4v) is 3.02. The second-order valence-electron chi connectivity index (χ2n) is 4.45. The highest BCUT2D eigenvalue weighted by atomic mass is 32.2. The van der Waals surface area contributed by atoms with Crippen LogP contribution in [-0.2, 0) is 19.1 Å². The van der Waals surface area contributed by atoms with Crippen molar-refractivity contribution in [2.45, 2.75) is 31.9 Å². The van der Waals surface area contributed by atoms with Crippen LogP contribution in [0.4, 0.5) is 0 Å². The number of Topliss-reactive ketones (excluding diaryl/α,β-unsaturated/α-hetero) is 2. The van der Waals surface area contributed by atoms with Crippen molar-refractivity contribution in [1.82, 2.24) is 9.97 Å². The molecule has 0 saturated carbocycles. The number of nitrogens with zero attached hydrogens (tertiary/aromatic N) is 2. The molecule has 122 valence electrons. The van der Waals surface area contributed by atoms with Gasteiger partial charge in [-0.25, -0.2) is 9.97 Å². The van der Waals surface area contributed by atoms with Crippen LogP contribution in [0.25, 0.3) is 0 Å². The zero-order chi connectivity index (χ0) is 16.8. The molecular formula is C13H18N2O6S. The lowest BCUT2D eigenvalue weighted by Crippen LogP contribution is -2.32. The van der Waals surface area contributed by atoms with E-state index in [1.54, 1.807) is 0 Å². The molecule has 22 heavy (non-hydrogen) atoms. The zero-order valence-corrected chi connectivity index (χ0v) is 13.4. The van der Waals surface area contributed by atoms with Crippen LogP contribution in [0.15, 0.2) is 12.4 Å². The third kappa shape index (κ3) is 4.85. The van der Waals surface area contributed by atoms with Crippen LogP contribution in [0, 0.1) is 0 Å². The molecule has 0 aliphatic rings.